The Morgan fingerprint density at radius 3 is 2.53 bits per heavy atom. The largest absolute Gasteiger partial charge is 0.497 e. The van der Waals surface area contributed by atoms with Gasteiger partial charge in [-0.1, -0.05) is 36.8 Å². The molecular weight excluding hydrogens is 478 g/mol. The van der Waals surface area contributed by atoms with Crippen LogP contribution in [0.2, 0.25) is 0 Å². The van der Waals surface area contributed by atoms with E-state index in [1.165, 1.54) is 5.52 Å². The predicted molar refractivity (Wildman–Crippen MR) is 150 cm³/mol. The first-order chi connectivity index (χ1) is 18.7. The quantitative estimate of drug-likeness (QED) is 0.195. The van der Waals surface area contributed by atoms with Gasteiger partial charge in [0.2, 0.25) is 0 Å². The third-order valence-electron chi connectivity index (χ3n) is 6.53. The maximum atomic E-state index is 12.5. The molecule has 0 unspecified atom stereocenters. The zero-order valence-electron chi connectivity index (χ0n) is 22.3. The summed E-state index contributed by atoms with van der Waals surface area (Å²) in [5.74, 6) is 3.25. The second-order valence-electron chi connectivity index (χ2n) is 9.17. The minimum atomic E-state index is -0.0976. The zero-order chi connectivity index (χ0) is 26.6. The lowest BCUT2D eigenvalue weighted by Crippen LogP contribution is -2.24. The van der Waals surface area contributed by atoms with Crippen molar-refractivity contribution in [3.8, 4) is 17.2 Å². The summed E-state index contributed by atoms with van der Waals surface area (Å²) in [6.45, 7) is 2.21. The molecule has 7 nitrogen and oxygen atoms in total. The fourth-order valence-electron chi connectivity index (χ4n) is 4.53. The molecule has 1 amide bonds. The van der Waals surface area contributed by atoms with E-state index < -0.39 is 0 Å². The third kappa shape index (κ3) is 7.28. The van der Waals surface area contributed by atoms with Crippen LogP contribution in [-0.4, -0.2) is 42.8 Å². The Labute approximate surface area is 224 Å². The first kappa shape index (κ1) is 27.0. The molecule has 0 bridgehead atoms. The fourth-order valence-corrected chi connectivity index (χ4v) is 4.53. The number of nitrogens with one attached hydrogen (secondary N) is 1. The Kier molecular flexibility index (Phi) is 10.0. The Morgan fingerprint density at radius 2 is 1.66 bits per heavy atom. The van der Waals surface area contributed by atoms with Crippen molar-refractivity contribution in [2.24, 2.45) is 0 Å². The van der Waals surface area contributed by atoms with Gasteiger partial charge in [0.15, 0.2) is 0 Å². The van der Waals surface area contributed by atoms with E-state index in [9.17, 15) is 4.79 Å². The van der Waals surface area contributed by atoms with Crippen molar-refractivity contribution in [2.75, 3.05) is 27.4 Å². The van der Waals surface area contributed by atoms with Crippen LogP contribution >= 0.6 is 0 Å². The van der Waals surface area contributed by atoms with E-state index in [1.807, 2.05) is 42.5 Å². The summed E-state index contributed by atoms with van der Waals surface area (Å²) in [5.41, 5.74) is 2.79. The molecule has 200 valence electrons. The van der Waals surface area contributed by atoms with Crippen molar-refractivity contribution in [3.05, 3.63) is 84.2 Å². The summed E-state index contributed by atoms with van der Waals surface area (Å²) in [6, 6.07) is 23.3. The summed E-state index contributed by atoms with van der Waals surface area (Å²) >= 11 is 0. The Hall–Kier alpha value is -4.00. The number of benzene rings is 3. The SMILES string of the molecule is COc1cccc(OCCCCn2c(CCCCCNC(=O)c3ccccc3OC)nc3ccccc32)c1. The molecule has 0 saturated heterocycles. The smallest absolute Gasteiger partial charge is 0.255 e. The lowest BCUT2D eigenvalue weighted by atomic mass is 10.1. The molecule has 0 aliphatic carbocycles. The van der Waals surface area contributed by atoms with Crippen molar-refractivity contribution in [2.45, 2.75) is 45.1 Å². The van der Waals surface area contributed by atoms with Crippen LogP contribution in [0.25, 0.3) is 11.0 Å². The van der Waals surface area contributed by atoms with Crippen molar-refractivity contribution < 1.29 is 19.0 Å². The van der Waals surface area contributed by atoms with Gasteiger partial charge in [0, 0.05) is 25.6 Å². The third-order valence-corrected chi connectivity index (χ3v) is 6.53. The van der Waals surface area contributed by atoms with E-state index in [2.05, 4.69) is 28.1 Å². The van der Waals surface area contributed by atoms with Crippen molar-refractivity contribution >= 4 is 16.9 Å². The van der Waals surface area contributed by atoms with Gasteiger partial charge in [-0.15, -0.1) is 0 Å². The highest BCUT2D eigenvalue weighted by molar-refractivity contribution is 5.96. The number of carbonyl (C=O) groups is 1. The molecule has 3 aromatic carbocycles. The molecule has 1 aromatic heterocycles. The maximum Gasteiger partial charge on any atom is 0.255 e. The number of rotatable bonds is 15. The molecule has 1 N–H and O–H groups in total. The number of nitrogens with zero attached hydrogens (tertiary/aromatic N) is 2. The van der Waals surface area contributed by atoms with Crippen molar-refractivity contribution in [1.29, 1.82) is 0 Å². The molecule has 4 aromatic rings. The monoisotopic (exact) mass is 515 g/mol. The topological polar surface area (TPSA) is 74.6 Å². The number of aromatic nitrogens is 2. The molecule has 7 heteroatoms. The lowest BCUT2D eigenvalue weighted by molar-refractivity contribution is 0.0950. The highest BCUT2D eigenvalue weighted by Crippen LogP contribution is 2.21. The highest BCUT2D eigenvalue weighted by Gasteiger charge is 2.12. The number of methoxy groups -OCH3 is 2. The van der Waals surface area contributed by atoms with Crippen LogP contribution in [0.15, 0.2) is 72.8 Å². The van der Waals surface area contributed by atoms with Crippen LogP contribution in [0.4, 0.5) is 0 Å². The second kappa shape index (κ2) is 14.1. The Morgan fingerprint density at radius 1 is 0.842 bits per heavy atom. The van der Waals surface area contributed by atoms with E-state index in [4.69, 9.17) is 19.2 Å². The average molecular weight is 516 g/mol. The summed E-state index contributed by atoms with van der Waals surface area (Å²) in [7, 11) is 3.24. The van der Waals surface area contributed by atoms with Crippen LogP contribution in [0.1, 0.15) is 48.3 Å². The zero-order valence-corrected chi connectivity index (χ0v) is 22.3. The van der Waals surface area contributed by atoms with Crippen LogP contribution in [0.3, 0.4) is 0 Å². The number of fused-ring (bicyclic) bond motifs is 1. The number of hydrogen-bond acceptors (Lipinski definition) is 5. The minimum Gasteiger partial charge on any atom is -0.497 e. The standard InChI is InChI=1S/C31H37N3O4/c1-36-24-13-12-14-25(23-24)38-22-11-10-21-34-28-17-7-6-16-27(28)33-30(34)19-4-3-9-20-32-31(35)26-15-5-8-18-29(26)37-2/h5-8,12-18,23H,3-4,9-11,19-22H2,1-2H3,(H,32,35). The molecule has 0 fully saturated rings. The van der Waals surface area contributed by atoms with Gasteiger partial charge >= 0.3 is 0 Å². The van der Waals surface area contributed by atoms with Gasteiger partial charge in [-0.2, -0.15) is 0 Å². The van der Waals surface area contributed by atoms with Crippen LogP contribution in [0, 0.1) is 0 Å². The molecule has 0 radical (unpaired) electrons. The molecule has 0 atom stereocenters. The molecule has 0 spiro atoms. The normalized spacial score (nSPS) is 10.9. The molecule has 4 rings (SSSR count). The Bertz CT molecular complexity index is 1320. The van der Waals surface area contributed by atoms with Gasteiger partial charge < -0.3 is 24.1 Å². The van der Waals surface area contributed by atoms with Gasteiger partial charge in [0.1, 0.15) is 23.1 Å². The highest BCUT2D eigenvalue weighted by atomic mass is 16.5. The summed E-state index contributed by atoms with van der Waals surface area (Å²) in [5, 5.41) is 3.00. The van der Waals surface area contributed by atoms with Crippen molar-refractivity contribution in [1.82, 2.24) is 14.9 Å². The molecule has 0 aliphatic heterocycles. The van der Waals surface area contributed by atoms with E-state index in [1.54, 1.807) is 26.4 Å². The number of amides is 1. The van der Waals surface area contributed by atoms with E-state index in [0.29, 0.717) is 24.5 Å². The van der Waals surface area contributed by atoms with Crippen LogP contribution < -0.4 is 19.5 Å². The fraction of sp³-hybridized carbons (Fsp3) is 0.355. The number of hydrogen-bond donors (Lipinski definition) is 1. The summed E-state index contributed by atoms with van der Waals surface area (Å²) in [6.07, 6.45) is 5.83. The van der Waals surface area contributed by atoms with Gasteiger partial charge in [-0.25, -0.2) is 4.98 Å². The first-order valence-corrected chi connectivity index (χ1v) is 13.3. The minimum absolute atomic E-state index is 0.0976. The lowest BCUT2D eigenvalue weighted by Gasteiger charge is -2.11. The summed E-state index contributed by atoms with van der Waals surface area (Å²) < 4.78 is 18.8. The summed E-state index contributed by atoms with van der Waals surface area (Å²) in [4.78, 5) is 17.4. The number of para-hydroxylation sites is 3. The number of carbonyl (C=O) groups excluding carboxylic acids is 1. The van der Waals surface area contributed by atoms with Crippen LogP contribution in [-0.2, 0) is 13.0 Å². The van der Waals surface area contributed by atoms with Gasteiger partial charge in [0.25, 0.3) is 5.91 Å². The molecular formula is C31H37N3O4. The molecule has 0 saturated carbocycles. The van der Waals surface area contributed by atoms with E-state index in [0.717, 1.165) is 67.9 Å². The molecule has 0 aliphatic rings. The van der Waals surface area contributed by atoms with E-state index in [-0.39, 0.29) is 5.91 Å². The molecule has 1 heterocycles. The Balaban J connectivity index is 1.22. The van der Waals surface area contributed by atoms with Gasteiger partial charge in [-0.3, -0.25) is 4.79 Å². The number of ether oxygens (including phenoxy) is 3. The van der Waals surface area contributed by atoms with Gasteiger partial charge in [0.05, 0.1) is 37.4 Å². The first-order valence-electron chi connectivity index (χ1n) is 13.3. The number of aryl methyl sites for hydroxylation is 2. The van der Waals surface area contributed by atoms with E-state index >= 15 is 0 Å². The molecule has 38 heavy (non-hydrogen) atoms. The number of unbranched alkanes of at least 4 members (excludes halogenated alkanes) is 3. The van der Waals surface area contributed by atoms with Crippen molar-refractivity contribution in [3.63, 3.8) is 0 Å². The average Bonchev–Trinajstić information content (AvgIpc) is 3.31. The second-order valence-corrected chi connectivity index (χ2v) is 9.17. The maximum absolute atomic E-state index is 12.5. The van der Waals surface area contributed by atoms with Gasteiger partial charge in [-0.05, 0) is 62.1 Å². The number of imidazole rings is 1. The predicted octanol–water partition coefficient (Wildman–Crippen LogP) is 6.06. The van der Waals surface area contributed by atoms with Crippen LogP contribution in [0.5, 0.6) is 17.2 Å².